The molecule has 0 aliphatic heterocycles. The predicted molar refractivity (Wildman–Crippen MR) is 110 cm³/mol. The summed E-state index contributed by atoms with van der Waals surface area (Å²) in [6.07, 6.45) is 2.10. The Morgan fingerprint density at radius 1 is 1.07 bits per heavy atom. The number of hydrogen-bond donors (Lipinski definition) is 2. The molecule has 5 rings (SSSR count). The van der Waals surface area contributed by atoms with Crippen LogP contribution in [0.15, 0.2) is 53.3 Å². The van der Waals surface area contributed by atoms with E-state index in [-0.39, 0.29) is 11.3 Å². The first-order valence-corrected chi connectivity index (χ1v) is 9.68. The summed E-state index contributed by atoms with van der Waals surface area (Å²) in [7, 11) is 0. The number of aromatic hydroxyl groups is 1. The minimum absolute atomic E-state index is 0.0916. The van der Waals surface area contributed by atoms with Crippen LogP contribution in [0.5, 0.6) is 5.75 Å². The van der Waals surface area contributed by atoms with Gasteiger partial charge in [0.25, 0.3) is 5.56 Å². The SMILES string of the molecule is O=c1cc(-c2ccccc2O)n2nc(C3CC3)c(-c3ccc(Cl)c(Cl)c3)c2[nH]1. The third-order valence-corrected chi connectivity index (χ3v) is 5.74. The van der Waals surface area contributed by atoms with Gasteiger partial charge in [-0.25, -0.2) is 4.52 Å². The highest BCUT2D eigenvalue weighted by Gasteiger charge is 2.32. The zero-order valence-electron chi connectivity index (χ0n) is 14.6. The van der Waals surface area contributed by atoms with Crippen LogP contribution in [0, 0.1) is 0 Å². The van der Waals surface area contributed by atoms with E-state index in [0.717, 1.165) is 29.7 Å². The molecule has 1 aliphatic carbocycles. The van der Waals surface area contributed by atoms with Crippen molar-refractivity contribution in [1.29, 1.82) is 0 Å². The Morgan fingerprint density at radius 3 is 2.57 bits per heavy atom. The first-order valence-electron chi connectivity index (χ1n) is 8.92. The molecule has 1 fully saturated rings. The molecule has 2 heterocycles. The van der Waals surface area contributed by atoms with Gasteiger partial charge in [-0.2, -0.15) is 5.10 Å². The molecule has 28 heavy (non-hydrogen) atoms. The summed E-state index contributed by atoms with van der Waals surface area (Å²) in [5.41, 5.74) is 3.98. The van der Waals surface area contributed by atoms with Gasteiger partial charge in [0.05, 0.1) is 21.4 Å². The highest BCUT2D eigenvalue weighted by atomic mass is 35.5. The molecule has 0 spiro atoms. The number of halogens is 2. The van der Waals surface area contributed by atoms with Crippen LogP contribution >= 0.6 is 23.2 Å². The van der Waals surface area contributed by atoms with Gasteiger partial charge in [0.2, 0.25) is 0 Å². The molecule has 2 aromatic carbocycles. The Bertz CT molecular complexity index is 1290. The number of aromatic nitrogens is 3. The molecular weight excluding hydrogens is 397 g/mol. The largest absolute Gasteiger partial charge is 0.507 e. The van der Waals surface area contributed by atoms with Gasteiger partial charge in [0.1, 0.15) is 11.4 Å². The summed E-state index contributed by atoms with van der Waals surface area (Å²) in [4.78, 5) is 15.4. The minimum atomic E-state index is -0.269. The first kappa shape index (κ1) is 17.3. The van der Waals surface area contributed by atoms with Crippen LogP contribution < -0.4 is 5.56 Å². The number of nitrogens with one attached hydrogen (secondary N) is 1. The second-order valence-corrected chi connectivity index (χ2v) is 7.77. The molecule has 1 saturated carbocycles. The molecule has 0 saturated heterocycles. The lowest BCUT2D eigenvalue weighted by Gasteiger charge is -2.07. The maximum absolute atomic E-state index is 12.5. The summed E-state index contributed by atoms with van der Waals surface area (Å²) in [6, 6.07) is 13.8. The topological polar surface area (TPSA) is 70.4 Å². The molecule has 0 radical (unpaired) electrons. The maximum atomic E-state index is 12.5. The van der Waals surface area contributed by atoms with Crippen LogP contribution in [-0.4, -0.2) is 19.7 Å². The third kappa shape index (κ3) is 2.79. The van der Waals surface area contributed by atoms with Gasteiger partial charge in [-0.1, -0.05) is 41.4 Å². The summed E-state index contributed by atoms with van der Waals surface area (Å²) in [5.74, 6) is 0.430. The van der Waals surface area contributed by atoms with E-state index >= 15 is 0 Å². The first-order chi connectivity index (χ1) is 13.5. The Balaban J connectivity index is 1.86. The standard InChI is InChI=1S/C21H15Cl2N3O2/c22-14-8-7-12(9-15(14)23)19-20(11-5-6-11)25-26-16(10-18(28)24-21(19)26)13-3-1-2-4-17(13)27/h1-4,7-11,27H,5-6H2,(H,24,28). The molecule has 0 unspecified atom stereocenters. The minimum Gasteiger partial charge on any atom is -0.507 e. The fourth-order valence-electron chi connectivity index (χ4n) is 3.52. The molecule has 0 atom stereocenters. The average molecular weight is 412 g/mol. The van der Waals surface area contributed by atoms with Gasteiger partial charge in [0, 0.05) is 23.1 Å². The Labute approximate surface area is 170 Å². The zero-order valence-corrected chi connectivity index (χ0v) is 16.1. The molecule has 4 aromatic rings. The van der Waals surface area contributed by atoms with E-state index in [0.29, 0.717) is 32.9 Å². The zero-order chi connectivity index (χ0) is 19.4. The Hall–Kier alpha value is -2.76. The lowest BCUT2D eigenvalue weighted by atomic mass is 10.0. The number of H-pyrrole nitrogens is 1. The lowest BCUT2D eigenvalue weighted by molar-refractivity contribution is 0.477. The smallest absolute Gasteiger partial charge is 0.251 e. The van der Waals surface area contributed by atoms with E-state index in [1.165, 1.54) is 6.07 Å². The Kier molecular flexibility index (Phi) is 3.96. The van der Waals surface area contributed by atoms with Gasteiger partial charge in [0.15, 0.2) is 0 Å². The van der Waals surface area contributed by atoms with Gasteiger partial charge in [-0.3, -0.25) is 4.79 Å². The second-order valence-electron chi connectivity index (χ2n) is 6.96. The Morgan fingerprint density at radius 2 is 1.86 bits per heavy atom. The number of rotatable bonds is 3. The van der Waals surface area contributed by atoms with Gasteiger partial charge >= 0.3 is 0 Å². The van der Waals surface area contributed by atoms with Crippen molar-refractivity contribution in [2.24, 2.45) is 0 Å². The number of nitrogens with zero attached hydrogens (tertiary/aromatic N) is 2. The average Bonchev–Trinajstić information content (AvgIpc) is 3.45. The molecule has 2 aromatic heterocycles. The summed E-state index contributed by atoms with van der Waals surface area (Å²) in [5, 5.41) is 16.0. The van der Waals surface area contributed by atoms with Crippen LogP contribution in [0.2, 0.25) is 10.0 Å². The quantitative estimate of drug-likeness (QED) is 0.483. The molecule has 0 amide bonds. The summed E-state index contributed by atoms with van der Waals surface area (Å²) in [6.45, 7) is 0. The molecular formula is C21H15Cl2N3O2. The van der Waals surface area contributed by atoms with Gasteiger partial charge < -0.3 is 10.1 Å². The number of benzene rings is 2. The molecule has 140 valence electrons. The third-order valence-electron chi connectivity index (χ3n) is 5.00. The highest BCUT2D eigenvalue weighted by Crippen LogP contribution is 2.46. The van der Waals surface area contributed by atoms with Crippen molar-refractivity contribution in [1.82, 2.24) is 14.6 Å². The molecule has 1 aliphatic rings. The van der Waals surface area contributed by atoms with Crippen molar-refractivity contribution in [3.8, 4) is 28.1 Å². The van der Waals surface area contributed by atoms with E-state index in [9.17, 15) is 9.90 Å². The monoisotopic (exact) mass is 411 g/mol. The van der Waals surface area contributed by atoms with Crippen LogP contribution in [0.3, 0.4) is 0 Å². The van der Waals surface area contributed by atoms with Gasteiger partial charge in [-0.15, -0.1) is 0 Å². The normalized spacial score (nSPS) is 13.9. The maximum Gasteiger partial charge on any atom is 0.251 e. The molecule has 2 N–H and O–H groups in total. The number of phenols is 1. The van der Waals surface area contributed by atoms with Crippen LogP contribution in [0.4, 0.5) is 0 Å². The number of hydrogen-bond acceptors (Lipinski definition) is 3. The van der Waals surface area contributed by atoms with Crippen molar-refractivity contribution in [2.75, 3.05) is 0 Å². The van der Waals surface area contributed by atoms with Crippen molar-refractivity contribution >= 4 is 28.8 Å². The second kappa shape index (κ2) is 6.40. The van der Waals surface area contributed by atoms with Crippen molar-refractivity contribution in [2.45, 2.75) is 18.8 Å². The number of fused-ring (bicyclic) bond motifs is 1. The van der Waals surface area contributed by atoms with Crippen molar-refractivity contribution < 1.29 is 5.11 Å². The lowest BCUT2D eigenvalue weighted by Crippen LogP contribution is -2.09. The predicted octanol–water partition coefficient (Wildman–Crippen LogP) is 5.25. The molecule has 5 nitrogen and oxygen atoms in total. The fourth-order valence-corrected chi connectivity index (χ4v) is 3.82. The van der Waals surface area contributed by atoms with E-state index < -0.39 is 0 Å². The number of phenolic OH excluding ortho intramolecular Hbond substituents is 1. The van der Waals surface area contributed by atoms with Crippen LogP contribution in [0.1, 0.15) is 24.5 Å². The number of aromatic amines is 1. The van der Waals surface area contributed by atoms with Crippen LogP contribution in [0.25, 0.3) is 28.0 Å². The van der Waals surface area contributed by atoms with Crippen molar-refractivity contribution in [3.05, 3.63) is 74.6 Å². The molecule has 7 heteroatoms. The number of para-hydroxylation sites is 1. The van der Waals surface area contributed by atoms with E-state index in [1.54, 1.807) is 34.8 Å². The van der Waals surface area contributed by atoms with Crippen molar-refractivity contribution in [3.63, 3.8) is 0 Å². The van der Waals surface area contributed by atoms with E-state index in [4.69, 9.17) is 28.3 Å². The fraction of sp³-hybridized carbons (Fsp3) is 0.143. The summed E-state index contributed by atoms with van der Waals surface area (Å²) < 4.78 is 1.70. The van der Waals surface area contributed by atoms with Gasteiger partial charge in [-0.05, 0) is 42.7 Å². The van der Waals surface area contributed by atoms with E-state index in [1.807, 2.05) is 12.1 Å². The summed E-state index contributed by atoms with van der Waals surface area (Å²) >= 11 is 12.3. The van der Waals surface area contributed by atoms with E-state index in [2.05, 4.69) is 4.98 Å². The highest BCUT2D eigenvalue weighted by molar-refractivity contribution is 6.42. The molecule has 0 bridgehead atoms. The van der Waals surface area contributed by atoms with Crippen LogP contribution in [-0.2, 0) is 0 Å².